The summed E-state index contributed by atoms with van der Waals surface area (Å²) in [5.74, 6) is -0.698. The molecular formula is C68H133NO10. The number of carbonyl (C=O) groups excluding carboxylic acids is 1. The maximum atomic E-state index is 13.2. The first-order valence-corrected chi connectivity index (χ1v) is 34.6. The number of aliphatic hydroxyl groups is 7. The quantitative estimate of drug-likeness (QED) is 0.0215. The Morgan fingerprint density at radius 2 is 0.747 bits per heavy atom. The van der Waals surface area contributed by atoms with Crippen LogP contribution in [0.3, 0.4) is 0 Å². The highest BCUT2D eigenvalue weighted by Gasteiger charge is 2.44. The van der Waals surface area contributed by atoms with Crippen molar-refractivity contribution < 1.29 is 50.0 Å². The van der Waals surface area contributed by atoms with Crippen LogP contribution in [0.15, 0.2) is 12.2 Å². The molecule has 1 fully saturated rings. The van der Waals surface area contributed by atoms with Crippen molar-refractivity contribution in [3.05, 3.63) is 12.2 Å². The topological polar surface area (TPSA) is 189 Å². The molecule has 0 aliphatic carbocycles. The van der Waals surface area contributed by atoms with E-state index in [4.69, 9.17) is 9.47 Å². The standard InChI is InChI=1S/C68H133NO10/c1-3-5-7-9-11-13-15-17-19-21-23-25-27-29-30-31-32-34-35-37-39-41-43-45-47-49-51-53-55-60(71)63(73)59(58-78-68-66(76)65(75)64(74)62(57-70)79-68)69-67(77)61(72)56-54-52-50-48-46-44-42-40-38-36-33-28-26-24-22-20-18-16-14-12-10-8-6-4-2/h47,49,59-66,68,70-76H,3-46,48,50-58H2,1-2H3,(H,69,77)/b49-47+. The van der Waals surface area contributed by atoms with E-state index in [1.54, 1.807) is 0 Å². The maximum absolute atomic E-state index is 13.2. The smallest absolute Gasteiger partial charge is 0.249 e. The van der Waals surface area contributed by atoms with Crippen molar-refractivity contribution in [2.24, 2.45) is 0 Å². The predicted octanol–water partition coefficient (Wildman–Crippen LogP) is 16.3. The van der Waals surface area contributed by atoms with E-state index in [9.17, 15) is 40.5 Å². The number of carbonyl (C=O) groups is 1. The van der Waals surface area contributed by atoms with E-state index in [1.807, 2.05) is 0 Å². The largest absolute Gasteiger partial charge is 0.394 e. The molecule has 1 rings (SSSR count). The molecule has 1 amide bonds. The Bertz CT molecular complexity index is 1290. The summed E-state index contributed by atoms with van der Waals surface area (Å²) in [4.78, 5) is 13.2. The summed E-state index contributed by atoms with van der Waals surface area (Å²) in [6, 6.07) is -1.18. The van der Waals surface area contributed by atoms with Crippen molar-refractivity contribution in [1.82, 2.24) is 5.32 Å². The second-order valence-electron chi connectivity index (χ2n) is 24.6. The highest BCUT2D eigenvalue weighted by Crippen LogP contribution is 2.24. The molecule has 0 radical (unpaired) electrons. The summed E-state index contributed by atoms with van der Waals surface area (Å²) in [6.07, 6.45) is 58.7. The Hall–Kier alpha value is -1.15. The zero-order valence-corrected chi connectivity index (χ0v) is 51.9. The number of amides is 1. The highest BCUT2D eigenvalue weighted by atomic mass is 16.7. The number of rotatable bonds is 61. The van der Waals surface area contributed by atoms with Crippen LogP contribution in [0.5, 0.6) is 0 Å². The molecule has 0 bridgehead atoms. The van der Waals surface area contributed by atoms with Crippen molar-refractivity contribution in [1.29, 1.82) is 0 Å². The maximum Gasteiger partial charge on any atom is 0.249 e. The van der Waals surface area contributed by atoms with E-state index in [1.165, 1.54) is 270 Å². The average Bonchev–Trinajstić information content (AvgIpc) is 3.46. The zero-order chi connectivity index (χ0) is 57.5. The Labute approximate surface area is 487 Å². The van der Waals surface area contributed by atoms with Crippen LogP contribution in [0.2, 0.25) is 0 Å². The van der Waals surface area contributed by atoms with Crippen LogP contribution in [0.4, 0.5) is 0 Å². The summed E-state index contributed by atoms with van der Waals surface area (Å²) in [5, 5.41) is 76.5. The van der Waals surface area contributed by atoms with E-state index in [-0.39, 0.29) is 12.8 Å². The number of aliphatic hydroxyl groups excluding tert-OH is 7. The molecule has 9 atom stereocenters. The van der Waals surface area contributed by atoms with Gasteiger partial charge in [0, 0.05) is 0 Å². The lowest BCUT2D eigenvalue weighted by Crippen LogP contribution is -2.60. The first kappa shape index (κ1) is 75.9. The molecule has 0 aromatic rings. The van der Waals surface area contributed by atoms with Crippen molar-refractivity contribution in [2.45, 2.75) is 403 Å². The van der Waals surface area contributed by atoms with Crippen molar-refractivity contribution >= 4 is 5.91 Å². The molecular weight excluding hydrogens is 991 g/mol. The first-order chi connectivity index (χ1) is 38.7. The third-order valence-electron chi connectivity index (χ3n) is 17.1. The van der Waals surface area contributed by atoms with Crippen molar-refractivity contribution in [3.8, 4) is 0 Å². The van der Waals surface area contributed by atoms with Crippen LogP contribution in [-0.4, -0.2) is 110 Å². The molecule has 470 valence electrons. The zero-order valence-electron chi connectivity index (χ0n) is 51.9. The molecule has 0 aromatic carbocycles. The van der Waals surface area contributed by atoms with E-state index < -0.39 is 74.2 Å². The normalized spacial score (nSPS) is 19.3. The Balaban J connectivity index is 2.22. The van der Waals surface area contributed by atoms with Crippen LogP contribution < -0.4 is 5.32 Å². The monoisotopic (exact) mass is 1120 g/mol. The van der Waals surface area contributed by atoms with Gasteiger partial charge in [-0.2, -0.15) is 0 Å². The predicted molar refractivity (Wildman–Crippen MR) is 330 cm³/mol. The van der Waals surface area contributed by atoms with Crippen LogP contribution in [0.25, 0.3) is 0 Å². The van der Waals surface area contributed by atoms with Gasteiger partial charge in [0.15, 0.2) is 6.29 Å². The minimum Gasteiger partial charge on any atom is -0.394 e. The summed E-state index contributed by atoms with van der Waals surface area (Å²) in [6.45, 7) is 3.51. The van der Waals surface area contributed by atoms with Gasteiger partial charge >= 0.3 is 0 Å². The fourth-order valence-corrected chi connectivity index (χ4v) is 11.5. The second kappa shape index (κ2) is 57.3. The fraction of sp³-hybridized carbons (Fsp3) is 0.956. The second-order valence-corrected chi connectivity index (χ2v) is 24.6. The van der Waals surface area contributed by atoms with E-state index in [0.29, 0.717) is 12.8 Å². The van der Waals surface area contributed by atoms with Gasteiger partial charge in [-0.3, -0.25) is 4.79 Å². The number of hydrogen-bond acceptors (Lipinski definition) is 10. The third-order valence-corrected chi connectivity index (χ3v) is 17.1. The molecule has 9 unspecified atom stereocenters. The molecule has 1 heterocycles. The molecule has 11 heteroatoms. The van der Waals surface area contributed by atoms with E-state index in [0.717, 1.165) is 38.5 Å². The molecule has 0 saturated carbocycles. The van der Waals surface area contributed by atoms with Gasteiger partial charge in [-0.1, -0.05) is 321 Å². The fourth-order valence-electron chi connectivity index (χ4n) is 11.5. The summed E-state index contributed by atoms with van der Waals surface area (Å²) >= 11 is 0. The lowest BCUT2D eigenvalue weighted by atomic mass is 9.98. The molecule has 1 aliphatic heterocycles. The van der Waals surface area contributed by atoms with Gasteiger partial charge in [-0.05, 0) is 38.5 Å². The number of ether oxygens (including phenoxy) is 2. The van der Waals surface area contributed by atoms with E-state index in [2.05, 4.69) is 31.3 Å². The number of unbranched alkanes of at least 4 members (excludes halogenated alkanes) is 47. The van der Waals surface area contributed by atoms with Gasteiger partial charge in [-0.15, -0.1) is 0 Å². The van der Waals surface area contributed by atoms with Crippen molar-refractivity contribution in [3.63, 3.8) is 0 Å². The lowest BCUT2D eigenvalue weighted by Gasteiger charge is -2.40. The molecule has 79 heavy (non-hydrogen) atoms. The molecule has 1 saturated heterocycles. The van der Waals surface area contributed by atoms with Gasteiger partial charge in [-0.25, -0.2) is 0 Å². The highest BCUT2D eigenvalue weighted by molar-refractivity contribution is 5.80. The number of allylic oxidation sites excluding steroid dienone is 2. The van der Waals surface area contributed by atoms with Gasteiger partial charge in [0.2, 0.25) is 5.91 Å². The summed E-state index contributed by atoms with van der Waals surface area (Å²) in [5.41, 5.74) is 0. The minimum atomic E-state index is -1.67. The van der Waals surface area contributed by atoms with Crippen LogP contribution in [0.1, 0.15) is 348 Å². The minimum absolute atomic E-state index is 0.260. The van der Waals surface area contributed by atoms with Gasteiger partial charge in [0.05, 0.1) is 25.4 Å². The molecule has 1 aliphatic rings. The van der Waals surface area contributed by atoms with Gasteiger partial charge < -0.3 is 50.5 Å². The van der Waals surface area contributed by atoms with Crippen LogP contribution >= 0.6 is 0 Å². The Morgan fingerprint density at radius 3 is 1.09 bits per heavy atom. The molecule has 0 aromatic heterocycles. The lowest BCUT2D eigenvalue weighted by molar-refractivity contribution is -0.303. The average molecular weight is 1120 g/mol. The van der Waals surface area contributed by atoms with Crippen LogP contribution in [-0.2, 0) is 14.3 Å². The first-order valence-electron chi connectivity index (χ1n) is 34.6. The van der Waals surface area contributed by atoms with Gasteiger partial charge in [0.1, 0.15) is 36.6 Å². The summed E-state index contributed by atoms with van der Waals surface area (Å²) in [7, 11) is 0. The number of nitrogens with one attached hydrogen (secondary N) is 1. The number of hydrogen-bond donors (Lipinski definition) is 8. The van der Waals surface area contributed by atoms with Crippen molar-refractivity contribution in [2.75, 3.05) is 13.2 Å². The van der Waals surface area contributed by atoms with E-state index >= 15 is 0 Å². The third kappa shape index (κ3) is 45.0. The summed E-state index contributed by atoms with van der Waals surface area (Å²) < 4.78 is 11.2. The molecule has 11 nitrogen and oxygen atoms in total. The Morgan fingerprint density at radius 1 is 0.430 bits per heavy atom. The molecule has 8 N–H and O–H groups in total. The van der Waals surface area contributed by atoms with Crippen LogP contribution in [0, 0.1) is 0 Å². The molecule has 0 spiro atoms. The SMILES string of the molecule is CCCCCCCCCCCCCCCCCCCCCCCCC/C=C/CCCC(O)C(O)C(COC1OC(CO)C(O)C(O)C1O)NC(=O)C(O)CCCCCCCCCCCCCCCCCCCCCCCCCC. The Kier molecular flexibility index (Phi) is 55.0. The van der Waals surface area contributed by atoms with Gasteiger partial charge in [0.25, 0.3) is 0 Å².